The zero-order chi connectivity index (χ0) is 14.1. The first-order valence-electron chi connectivity index (χ1n) is 8.02. The molecule has 0 amide bonds. The quantitative estimate of drug-likeness (QED) is 0.688. The van der Waals surface area contributed by atoms with E-state index in [9.17, 15) is 0 Å². The minimum absolute atomic E-state index is 0.409. The van der Waals surface area contributed by atoms with Crippen LogP contribution in [0.1, 0.15) is 71.7 Å². The Morgan fingerprint density at radius 1 is 1.11 bits per heavy atom. The maximum absolute atomic E-state index is 4.64. The molecule has 19 heavy (non-hydrogen) atoms. The van der Waals surface area contributed by atoms with E-state index in [1.807, 2.05) is 6.20 Å². The van der Waals surface area contributed by atoms with E-state index < -0.39 is 0 Å². The fourth-order valence-corrected chi connectivity index (χ4v) is 2.94. The first-order valence-corrected chi connectivity index (χ1v) is 8.02. The number of rotatable bonds is 10. The highest BCUT2D eigenvalue weighted by atomic mass is 15.1. The van der Waals surface area contributed by atoms with Crippen molar-refractivity contribution in [1.29, 1.82) is 0 Å². The van der Waals surface area contributed by atoms with Crippen LogP contribution in [0, 0.1) is 5.92 Å². The predicted octanol–water partition coefficient (Wildman–Crippen LogP) is 4.16. The molecule has 0 fully saturated rings. The van der Waals surface area contributed by atoms with Gasteiger partial charge in [0, 0.05) is 18.9 Å². The van der Waals surface area contributed by atoms with Gasteiger partial charge in [0.2, 0.25) is 0 Å². The minimum Gasteiger partial charge on any atom is -0.334 e. The fourth-order valence-electron chi connectivity index (χ4n) is 2.94. The molecule has 3 heteroatoms. The van der Waals surface area contributed by atoms with Gasteiger partial charge in [0.05, 0.1) is 6.04 Å². The molecular weight excluding hydrogens is 234 g/mol. The Kier molecular flexibility index (Phi) is 7.80. The molecule has 1 aromatic rings. The summed E-state index contributed by atoms with van der Waals surface area (Å²) in [5.74, 6) is 1.93. The van der Waals surface area contributed by atoms with E-state index in [2.05, 4.69) is 48.8 Å². The van der Waals surface area contributed by atoms with Crippen LogP contribution in [0.15, 0.2) is 12.4 Å². The standard InChI is InChI=1S/C16H31N3/c1-5-9-14(10-6-2)15(17-8-4)16-18-11-13-19(16)12-7-3/h11,13-15,17H,5-10,12H2,1-4H3. The van der Waals surface area contributed by atoms with Crippen molar-refractivity contribution in [3.05, 3.63) is 18.2 Å². The van der Waals surface area contributed by atoms with E-state index in [0.717, 1.165) is 19.5 Å². The Morgan fingerprint density at radius 2 is 1.79 bits per heavy atom. The second-order valence-corrected chi connectivity index (χ2v) is 5.35. The van der Waals surface area contributed by atoms with Crippen LogP contribution in [0.3, 0.4) is 0 Å². The zero-order valence-corrected chi connectivity index (χ0v) is 13.2. The molecule has 0 bridgehead atoms. The fraction of sp³-hybridized carbons (Fsp3) is 0.812. The number of hydrogen-bond acceptors (Lipinski definition) is 2. The highest BCUT2D eigenvalue weighted by molar-refractivity contribution is 5.02. The van der Waals surface area contributed by atoms with Gasteiger partial charge in [-0.1, -0.05) is 40.5 Å². The van der Waals surface area contributed by atoms with Crippen molar-refractivity contribution in [2.24, 2.45) is 5.92 Å². The molecule has 0 aliphatic carbocycles. The summed E-state index contributed by atoms with van der Waals surface area (Å²) in [6.45, 7) is 11.1. The molecule has 0 saturated heterocycles. The second kappa shape index (κ2) is 9.13. The third-order valence-electron chi connectivity index (χ3n) is 3.70. The van der Waals surface area contributed by atoms with Crippen LogP contribution >= 0.6 is 0 Å². The lowest BCUT2D eigenvalue weighted by Crippen LogP contribution is -2.31. The van der Waals surface area contributed by atoms with Gasteiger partial charge in [-0.25, -0.2) is 4.98 Å². The number of imidazole rings is 1. The van der Waals surface area contributed by atoms with Crippen molar-refractivity contribution in [3.63, 3.8) is 0 Å². The van der Waals surface area contributed by atoms with E-state index in [4.69, 9.17) is 0 Å². The average molecular weight is 265 g/mol. The van der Waals surface area contributed by atoms with Crippen molar-refractivity contribution in [3.8, 4) is 0 Å². The molecule has 0 saturated carbocycles. The summed E-state index contributed by atoms with van der Waals surface area (Å²) in [7, 11) is 0. The second-order valence-electron chi connectivity index (χ2n) is 5.35. The van der Waals surface area contributed by atoms with Crippen molar-refractivity contribution < 1.29 is 0 Å². The van der Waals surface area contributed by atoms with Gasteiger partial charge in [0.1, 0.15) is 5.82 Å². The Hall–Kier alpha value is -0.830. The monoisotopic (exact) mass is 265 g/mol. The molecule has 3 nitrogen and oxygen atoms in total. The number of aromatic nitrogens is 2. The first kappa shape index (κ1) is 16.2. The number of nitrogens with zero attached hydrogens (tertiary/aromatic N) is 2. The van der Waals surface area contributed by atoms with Gasteiger partial charge in [-0.05, 0) is 31.7 Å². The summed E-state index contributed by atoms with van der Waals surface area (Å²) in [5, 5.41) is 3.67. The molecule has 1 aromatic heterocycles. The molecule has 0 spiro atoms. The molecular formula is C16H31N3. The smallest absolute Gasteiger partial charge is 0.126 e. The molecule has 1 heterocycles. The van der Waals surface area contributed by atoms with Crippen molar-refractivity contribution in [1.82, 2.24) is 14.9 Å². The lowest BCUT2D eigenvalue weighted by atomic mass is 9.89. The maximum Gasteiger partial charge on any atom is 0.126 e. The third-order valence-corrected chi connectivity index (χ3v) is 3.70. The van der Waals surface area contributed by atoms with Gasteiger partial charge in [-0.2, -0.15) is 0 Å². The normalized spacial score (nSPS) is 13.1. The van der Waals surface area contributed by atoms with Gasteiger partial charge in [-0.3, -0.25) is 0 Å². The lowest BCUT2D eigenvalue weighted by molar-refractivity contribution is 0.301. The third kappa shape index (κ3) is 4.64. The SMILES string of the molecule is CCCC(CCC)C(NCC)c1nccn1CCC. The number of hydrogen-bond donors (Lipinski definition) is 1. The minimum atomic E-state index is 0.409. The van der Waals surface area contributed by atoms with E-state index in [1.54, 1.807) is 0 Å². The maximum atomic E-state index is 4.64. The highest BCUT2D eigenvalue weighted by Crippen LogP contribution is 2.29. The molecule has 0 aliphatic heterocycles. The molecule has 110 valence electrons. The van der Waals surface area contributed by atoms with Crippen LogP contribution in [0.5, 0.6) is 0 Å². The molecule has 1 rings (SSSR count). The summed E-state index contributed by atoms with van der Waals surface area (Å²) in [4.78, 5) is 4.64. The van der Waals surface area contributed by atoms with Crippen molar-refractivity contribution >= 4 is 0 Å². The Balaban J connectivity index is 2.92. The summed E-state index contributed by atoms with van der Waals surface area (Å²) in [6.07, 6.45) is 10.3. The highest BCUT2D eigenvalue weighted by Gasteiger charge is 2.24. The van der Waals surface area contributed by atoms with Crippen LogP contribution < -0.4 is 5.32 Å². The summed E-state index contributed by atoms with van der Waals surface area (Å²) >= 11 is 0. The number of aryl methyl sites for hydroxylation is 1. The van der Waals surface area contributed by atoms with E-state index in [-0.39, 0.29) is 0 Å². The van der Waals surface area contributed by atoms with E-state index in [1.165, 1.54) is 31.5 Å². The van der Waals surface area contributed by atoms with Gasteiger partial charge >= 0.3 is 0 Å². The molecule has 1 N–H and O–H groups in total. The van der Waals surface area contributed by atoms with Crippen LogP contribution in [0.4, 0.5) is 0 Å². The number of nitrogens with one attached hydrogen (secondary N) is 1. The summed E-state index contributed by atoms with van der Waals surface area (Å²) < 4.78 is 2.33. The van der Waals surface area contributed by atoms with Crippen LogP contribution in [-0.2, 0) is 6.54 Å². The van der Waals surface area contributed by atoms with Gasteiger partial charge in [0.15, 0.2) is 0 Å². The topological polar surface area (TPSA) is 29.9 Å². The molecule has 0 radical (unpaired) electrons. The molecule has 0 aliphatic rings. The Morgan fingerprint density at radius 3 is 2.32 bits per heavy atom. The summed E-state index contributed by atoms with van der Waals surface area (Å²) in [5.41, 5.74) is 0. The van der Waals surface area contributed by atoms with Crippen LogP contribution in [-0.4, -0.2) is 16.1 Å². The van der Waals surface area contributed by atoms with Gasteiger partial charge in [0.25, 0.3) is 0 Å². The van der Waals surface area contributed by atoms with Gasteiger partial charge in [-0.15, -0.1) is 0 Å². The molecule has 1 unspecified atom stereocenters. The zero-order valence-electron chi connectivity index (χ0n) is 13.2. The molecule has 0 aromatic carbocycles. The average Bonchev–Trinajstić information content (AvgIpc) is 2.84. The van der Waals surface area contributed by atoms with Gasteiger partial charge < -0.3 is 9.88 Å². The van der Waals surface area contributed by atoms with E-state index in [0.29, 0.717) is 12.0 Å². The largest absolute Gasteiger partial charge is 0.334 e. The van der Waals surface area contributed by atoms with Crippen molar-refractivity contribution in [2.75, 3.05) is 6.54 Å². The van der Waals surface area contributed by atoms with Crippen molar-refractivity contribution in [2.45, 2.75) is 72.4 Å². The van der Waals surface area contributed by atoms with Crippen LogP contribution in [0.25, 0.3) is 0 Å². The Bertz CT molecular complexity index is 326. The first-order chi connectivity index (χ1) is 9.28. The lowest BCUT2D eigenvalue weighted by Gasteiger charge is -2.27. The predicted molar refractivity (Wildman–Crippen MR) is 82.2 cm³/mol. The summed E-state index contributed by atoms with van der Waals surface area (Å²) in [6, 6.07) is 0.409. The molecule has 1 atom stereocenters. The van der Waals surface area contributed by atoms with Crippen LogP contribution in [0.2, 0.25) is 0 Å². The Labute approximate surface area is 118 Å². The van der Waals surface area contributed by atoms with E-state index >= 15 is 0 Å².